The Kier molecular flexibility index (Phi) is 5.12. The van der Waals surface area contributed by atoms with Gasteiger partial charge in [0.2, 0.25) is 11.8 Å². The van der Waals surface area contributed by atoms with E-state index in [2.05, 4.69) is 31.9 Å². The highest BCUT2D eigenvalue weighted by Crippen LogP contribution is 2.44. The summed E-state index contributed by atoms with van der Waals surface area (Å²) in [5, 5.41) is 0. The van der Waals surface area contributed by atoms with Gasteiger partial charge in [-0.1, -0.05) is 49.6 Å². The minimum Gasteiger partial charge on any atom is -0.457 e. The first-order valence-corrected chi connectivity index (χ1v) is 10.8. The van der Waals surface area contributed by atoms with Gasteiger partial charge in [0.05, 0.1) is 17.5 Å². The molecule has 0 aromatic heterocycles. The van der Waals surface area contributed by atoms with Gasteiger partial charge in [0.1, 0.15) is 11.5 Å². The number of aryl methyl sites for hydroxylation is 1. The summed E-state index contributed by atoms with van der Waals surface area (Å²) in [7, 11) is 0. The van der Waals surface area contributed by atoms with E-state index in [1.165, 1.54) is 10.5 Å². The monoisotopic (exact) mass is 491 g/mol. The van der Waals surface area contributed by atoms with E-state index in [-0.39, 0.29) is 33.3 Å². The van der Waals surface area contributed by atoms with Crippen LogP contribution in [0.4, 0.5) is 5.69 Å². The van der Waals surface area contributed by atoms with Gasteiger partial charge in [0, 0.05) is 9.65 Å². The molecule has 0 unspecified atom stereocenters. The summed E-state index contributed by atoms with van der Waals surface area (Å²) in [6, 6.07) is 14.9. The van der Waals surface area contributed by atoms with Gasteiger partial charge in [0.25, 0.3) is 0 Å². The number of rotatable bonds is 3. The lowest BCUT2D eigenvalue weighted by atomic mass is 9.81. The van der Waals surface area contributed by atoms with Gasteiger partial charge in [-0.05, 0) is 56.2 Å². The van der Waals surface area contributed by atoms with Crippen molar-refractivity contribution in [3.63, 3.8) is 0 Å². The number of carbonyl (C=O) groups excluding carboxylic acids is 2. The largest absolute Gasteiger partial charge is 0.457 e. The predicted molar refractivity (Wildman–Crippen MR) is 112 cm³/mol. The molecule has 2 amide bonds. The Morgan fingerprint density at radius 2 is 1.26 bits per heavy atom. The van der Waals surface area contributed by atoms with Crippen molar-refractivity contribution in [3.05, 3.63) is 54.1 Å². The summed E-state index contributed by atoms with van der Waals surface area (Å²) < 4.78 is 5.83. The summed E-state index contributed by atoms with van der Waals surface area (Å²) in [5.74, 6) is 0.750. The van der Waals surface area contributed by atoms with Gasteiger partial charge in [-0.25, -0.2) is 0 Å². The lowest BCUT2D eigenvalue weighted by Crippen LogP contribution is -2.34. The van der Waals surface area contributed by atoms with Crippen LogP contribution in [0.2, 0.25) is 0 Å². The number of hydrogen-bond acceptors (Lipinski definition) is 3. The highest BCUT2D eigenvalue weighted by atomic mass is 79.9. The molecule has 2 aromatic rings. The summed E-state index contributed by atoms with van der Waals surface area (Å²) in [6.45, 7) is 2.02. The first-order valence-electron chi connectivity index (χ1n) is 8.94. The fraction of sp³-hybridized carbons (Fsp3) is 0.333. The molecular weight excluding hydrogens is 474 g/mol. The average Bonchev–Trinajstić information content (AvgIpc) is 2.89. The maximum Gasteiger partial charge on any atom is 0.237 e. The van der Waals surface area contributed by atoms with Crippen molar-refractivity contribution in [2.24, 2.45) is 11.8 Å². The normalized spacial score (nSPS) is 27.6. The van der Waals surface area contributed by atoms with Gasteiger partial charge in [-0.15, -0.1) is 0 Å². The minimum absolute atomic E-state index is 0.0962. The molecule has 1 saturated heterocycles. The van der Waals surface area contributed by atoms with Crippen molar-refractivity contribution in [2.45, 2.75) is 29.4 Å². The van der Waals surface area contributed by atoms with Crippen molar-refractivity contribution in [1.82, 2.24) is 0 Å². The Balaban J connectivity index is 1.52. The molecular formula is C21H19Br2NO3. The standard InChI is InChI=1S/C21H19Br2NO3/c1-12-2-6-14(7-3-12)27-15-8-4-13(5-9-15)24-20(25)16-10-18(22)19(23)11-17(16)21(24)26/h2-9,16-19H,10-11H2,1H3/t16-,17+,18-,19-/m0/s1. The van der Waals surface area contributed by atoms with Crippen molar-refractivity contribution in [2.75, 3.05) is 4.90 Å². The fourth-order valence-electron chi connectivity index (χ4n) is 3.76. The van der Waals surface area contributed by atoms with Crippen LogP contribution in [0.5, 0.6) is 11.5 Å². The first kappa shape index (κ1) is 18.7. The van der Waals surface area contributed by atoms with Crippen molar-refractivity contribution >= 4 is 49.4 Å². The van der Waals surface area contributed by atoms with E-state index in [1.54, 1.807) is 24.3 Å². The molecule has 1 heterocycles. The average molecular weight is 493 g/mol. The molecule has 1 aliphatic heterocycles. The van der Waals surface area contributed by atoms with E-state index in [0.717, 1.165) is 5.75 Å². The predicted octanol–water partition coefficient (Wildman–Crippen LogP) is 5.21. The molecule has 0 N–H and O–H groups in total. The van der Waals surface area contributed by atoms with E-state index >= 15 is 0 Å². The maximum atomic E-state index is 12.8. The van der Waals surface area contributed by atoms with E-state index in [1.807, 2.05) is 31.2 Å². The zero-order valence-corrected chi connectivity index (χ0v) is 17.9. The number of alkyl halides is 2. The van der Waals surface area contributed by atoms with Crippen molar-refractivity contribution < 1.29 is 14.3 Å². The second kappa shape index (κ2) is 7.40. The third-order valence-corrected chi connectivity index (χ3v) is 8.00. The Morgan fingerprint density at radius 1 is 0.815 bits per heavy atom. The molecule has 2 aromatic carbocycles. The number of carbonyl (C=O) groups is 2. The number of amides is 2. The quantitative estimate of drug-likeness (QED) is 0.436. The summed E-state index contributed by atoms with van der Waals surface area (Å²) in [6.07, 6.45) is 1.35. The van der Waals surface area contributed by atoms with Crippen LogP contribution in [0.1, 0.15) is 18.4 Å². The number of anilines is 1. The van der Waals surface area contributed by atoms with Crippen LogP contribution in [0, 0.1) is 18.8 Å². The van der Waals surface area contributed by atoms with E-state index in [9.17, 15) is 9.59 Å². The summed E-state index contributed by atoms with van der Waals surface area (Å²) in [4.78, 5) is 27.5. The minimum atomic E-state index is -0.237. The number of halogens is 2. The zero-order chi connectivity index (χ0) is 19.1. The van der Waals surface area contributed by atoms with Crippen molar-refractivity contribution in [3.8, 4) is 11.5 Å². The Labute approximate surface area is 175 Å². The number of fused-ring (bicyclic) bond motifs is 1. The first-order chi connectivity index (χ1) is 12.9. The third kappa shape index (κ3) is 3.57. The van der Waals surface area contributed by atoms with Crippen LogP contribution < -0.4 is 9.64 Å². The Bertz CT molecular complexity index is 838. The number of hydrogen-bond donors (Lipinski definition) is 0. The molecule has 4 nitrogen and oxygen atoms in total. The molecule has 0 spiro atoms. The molecule has 140 valence electrons. The maximum absolute atomic E-state index is 12.8. The molecule has 0 radical (unpaired) electrons. The van der Waals surface area contributed by atoms with Crippen LogP contribution in [0.3, 0.4) is 0 Å². The van der Waals surface area contributed by atoms with Crippen LogP contribution in [-0.4, -0.2) is 21.5 Å². The van der Waals surface area contributed by atoms with E-state index in [4.69, 9.17) is 4.74 Å². The molecule has 4 rings (SSSR count). The van der Waals surface area contributed by atoms with Crippen LogP contribution in [-0.2, 0) is 9.59 Å². The number of imide groups is 1. The molecule has 2 fully saturated rings. The number of ether oxygens (including phenoxy) is 1. The van der Waals surface area contributed by atoms with Crippen LogP contribution in [0.15, 0.2) is 48.5 Å². The third-order valence-electron chi connectivity index (χ3n) is 5.26. The Morgan fingerprint density at radius 3 is 1.74 bits per heavy atom. The van der Waals surface area contributed by atoms with Gasteiger partial charge in [-0.2, -0.15) is 0 Å². The fourth-order valence-corrected chi connectivity index (χ4v) is 4.99. The zero-order valence-electron chi connectivity index (χ0n) is 14.8. The van der Waals surface area contributed by atoms with Gasteiger partial charge in [0.15, 0.2) is 0 Å². The molecule has 27 heavy (non-hydrogen) atoms. The molecule has 1 aliphatic carbocycles. The smallest absolute Gasteiger partial charge is 0.237 e. The second-order valence-corrected chi connectivity index (χ2v) is 9.49. The van der Waals surface area contributed by atoms with E-state index < -0.39 is 0 Å². The lowest BCUT2D eigenvalue weighted by molar-refractivity contribution is -0.122. The molecule has 0 bridgehead atoms. The summed E-state index contributed by atoms with van der Waals surface area (Å²) >= 11 is 7.23. The van der Waals surface area contributed by atoms with Crippen LogP contribution in [0.25, 0.3) is 0 Å². The van der Waals surface area contributed by atoms with Gasteiger partial charge in [-0.3, -0.25) is 14.5 Å². The number of nitrogens with zero attached hydrogens (tertiary/aromatic N) is 1. The molecule has 1 saturated carbocycles. The Hall–Kier alpha value is -1.66. The second-order valence-electron chi connectivity index (χ2n) is 7.14. The topological polar surface area (TPSA) is 46.6 Å². The van der Waals surface area contributed by atoms with Crippen molar-refractivity contribution in [1.29, 1.82) is 0 Å². The number of benzene rings is 2. The highest BCUT2D eigenvalue weighted by Gasteiger charge is 2.52. The highest BCUT2D eigenvalue weighted by molar-refractivity contribution is 9.12. The van der Waals surface area contributed by atoms with Gasteiger partial charge < -0.3 is 4.74 Å². The summed E-state index contributed by atoms with van der Waals surface area (Å²) in [5.41, 5.74) is 1.77. The van der Waals surface area contributed by atoms with E-state index in [0.29, 0.717) is 24.3 Å². The van der Waals surface area contributed by atoms with Crippen LogP contribution >= 0.6 is 31.9 Å². The van der Waals surface area contributed by atoms with Gasteiger partial charge >= 0.3 is 0 Å². The molecule has 2 aliphatic rings. The SMILES string of the molecule is Cc1ccc(Oc2ccc(N3C(=O)[C@H]4C[C@H](Br)[C@@H](Br)C[C@H]4C3=O)cc2)cc1. The molecule has 6 heteroatoms. The molecule has 4 atom stereocenters. The lowest BCUT2D eigenvalue weighted by Gasteiger charge is -2.29.